The van der Waals surface area contributed by atoms with E-state index in [-0.39, 0.29) is 0 Å². The smallest absolute Gasteiger partial charge is 0.0286 e. The highest BCUT2D eigenvalue weighted by atomic mass is 35.5. The van der Waals surface area contributed by atoms with E-state index >= 15 is 0 Å². The van der Waals surface area contributed by atoms with Crippen molar-refractivity contribution >= 4 is 23.4 Å². The normalized spacial score (nSPS) is 20.2. The monoisotopic (exact) mass is 204 g/mol. The number of halogens is 1. The van der Waals surface area contributed by atoms with Crippen LogP contribution < -0.4 is 0 Å². The van der Waals surface area contributed by atoms with Gasteiger partial charge in [0.2, 0.25) is 0 Å². The lowest BCUT2D eigenvalue weighted by Crippen LogP contribution is -2.19. The van der Waals surface area contributed by atoms with Crippen molar-refractivity contribution in [2.24, 2.45) is 5.41 Å². The lowest BCUT2D eigenvalue weighted by Gasteiger charge is -2.25. The summed E-state index contributed by atoms with van der Waals surface area (Å²) in [4.78, 5) is 0. The van der Waals surface area contributed by atoms with Gasteiger partial charge in [0.1, 0.15) is 0 Å². The molecule has 0 spiro atoms. The third kappa shape index (κ3) is 2.70. The predicted octanol–water partition coefficient (Wildman–Crippen LogP) is 3.70. The SMILES string of the molecule is CCSCCC1(CCl)CC=CC1. The van der Waals surface area contributed by atoms with Crippen molar-refractivity contribution in [1.82, 2.24) is 0 Å². The van der Waals surface area contributed by atoms with Crippen LogP contribution in [-0.4, -0.2) is 17.4 Å². The first kappa shape index (κ1) is 10.5. The van der Waals surface area contributed by atoms with Crippen LogP contribution in [0, 0.1) is 5.41 Å². The summed E-state index contributed by atoms with van der Waals surface area (Å²) in [6.45, 7) is 2.21. The van der Waals surface area contributed by atoms with Crippen LogP contribution in [0.15, 0.2) is 12.2 Å². The van der Waals surface area contributed by atoms with Gasteiger partial charge in [0.05, 0.1) is 0 Å². The van der Waals surface area contributed by atoms with Crippen molar-refractivity contribution in [2.75, 3.05) is 17.4 Å². The van der Waals surface area contributed by atoms with Gasteiger partial charge in [-0.1, -0.05) is 19.1 Å². The zero-order valence-corrected chi connectivity index (χ0v) is 9.26. The van der Waals surface area contributed by atoms with Crippen LogP contribution in [0.5, 0.6) is 0 Å². The summed E-state index contributed by atoms with van der Waals surface area (Å²) in [5.74, 6) is 3.32. The third-order valence-electron chi connectivity index (χ3n) is 2.53. The molecule has 0 unspecified atom stereocenters. The summed E-state index contributed by atoms with van der Waals surface area (Å²) in [6, 6.07) is 0. The molecule has 0 saturated heterocycles. The Balaban J connectivity index is 2.25. The second-order valence-corrected chi connectivity index (χ2v) is 5.12. The molecule has 0 aliphatic heterocycles. The summed E-state index contributed by atoms with van der Waals surface area (Å²) >= 11 is 8.02. The van der Waals surface area contributed by atoms with Crippen LogP contribution in [0.4, 0.5) is 0 Å². The molecule has 0 amide bonds. The molecule has 1 rings (SSSR count). The van der Waals surface area contributed by atoms with Gasteiger partial charge in [0.15, 0.2) is 0 Å². The molecule has 0 fully saturated rings. The standard InChI is InChI=1S/C10H17ClS/c1-2-12-8-7-10(9-11)5-3-4-6-10/h3-4H,2,5-9H2,1H3. The third-order valence-corrected chi connectivity index (χ3v) is 4.00. The Morgan fingerprint density at radius 3 is 2.58 bits per heavy atom. The molecule has 0 bridgehead atoms. The fourth-order valence-electron chi connectivity index (χ4n) is 1.56. The van der Waals surface area contributed by atoms with Crippen molar-refractivity contribution in [2.45, 2.75) is 26.2 Å². The number of rotatable bonds is 5. The molecule has 1 aliphatic carbocycles. The van der Waals surface area contributed by atoms with E-state index in [1.165, 1.54) is 30.8 Å². The van der Waals surface area contributed by atoms with E-state index in [0.29, 0.717) is 5.41 Å². The molecule has 1 aliphatic rings. The predicted molar refractivity (Wildman–Crippen MR) is 59.1 cm³/mol. The first-order chi connectivity index (χ1) is 5.83. The molecule has 0 aromatic rings. The van der Waals surface area contributed by atoms with Gasteiger partial charge in [-0.15, -0.1) is 11.6 Å². The van der Waals surface area contributed by atoms with Crippen LogP contribution in [0.25, 0.3) is 0 Å². The Hall–Kier alpha value is 0.380. The minimum absolute atomic E-state index is 0.420. The van der Waals surface area contributed by atoms with Gasteiger partial charge >= 0.3 is 0 Å². The highest BCUT2D eigenvalue weighted by Gasteiger charge is 2.29. The van der Waals surface area contributed by atoms with Crippen molar-refractivity contribution in [1.29, 1.82) is 0 Å². The lowest BCUT2D eigenvalue weighted by atomic mass is 9.85. The van der Waals surface area contributed by atoms with Crippen LogP contribution >= 0.6 is 23.4 Å². The Morgan fingerprint density at radius 1 is 1.42 bits per heavy atom. The Kier molecular flexibility index (Phi) is 4.52. The summed E-state index contributed by atoms with van der Waals surface area (Å²) < 4.78 is 0. The van der Waals surface area contributed by atoms with Gasteiger partial charge in [0.25, 0.3) is 0 Å². The molecule has 0 nitrogen and oxygen atoms in total. The van der Waals surface area contributed by atoms with Gasteiger partial charge < -0.3 is 0 Å². The molecule has 0 aromatic carbocycles. The molecule has 0 N–H and O–H groups in total. The maximum absolute atomic E-state index is 5.99. The maximum Gasteiger partial charge on any atom is 0.0286 e. The first-order valence-electron chi connectivity index (χ1n) is 4.62. The average Bonchev–Trinajstić information content (AvgIpc) is 2.55. The Labute approximate surface area is 84.8 Å². The van der Waals surface area contributed by atoms with E-state index in [0.717, 1.165) is 5.88 Å². The quantitative estimate of drug-likeness (QED) is 0.374. The molecule has 70 valence electrons. The van der Waals surface area contributed by atoms with Crippen LogP contribution in [0.2, 0.25) is 0 Å². The second kappa shape index (κ2) is 5.18. The summed E-state index contributed by atoms with van der Waals surface area (Å²) in [5.41, 5.74) is 0.420. The van der Waals surface area contributed by atoms with E-state index in [1.807, 2.05) is 11.8 Å². The second-order valence-electron chi connectivity index (χ2n) is 3.46. The van der Waals surface area contributed by atoms with Crippen molar-refractivity contribution in [3.63, 3.8) is 0 Å². The van der Waals surface area contributed by atoms with Gasteiger partial charge in [-0.05, 0) is 36.2 Å². The summed E-state index contributed by atoms with van der Waals surface area (Å²) in [7, 11) is 0. The minimum atomic E-state index is 0.420. The number of allylic oxidation sites excluding steroid dienone is 2. The van der Waals surface area contributed by atoms with Gasteiger partial charge in [0, 0.05) is 5.88 Å². The number of alkyl halides is 1. The topological polar surface area (TPSA) is 0 Å². The van der Waals surface area contributed by atoms with E-state index < -0.39 is 0 Å². The minimum Gasteiger partial charge on any atom is -0.162 e. The highest BCUT2D eigenvalue weighted by Crippen LogP contribution is 2.38. The van der Waals surface area contributed by atoms with Crippen LogP contribution in [-0.2, 0) is 0 Å². The van der Waals surface area contributed by atoms with Crippen molar-refractivity contribution < 1.29 is 0 Å². The number of thioether (sulfide) groups is 1. The average molecular weight is 205 g/mol. The molecule has 0 atom stereocenters. The first-order valence-corrected chi connectivity index (χ1v) is 6.30. The van der Waals surface area contributed by atoms with Crippen molar-refractivity contribution in [3.8, 4) is 0 Å². The largest absolute Gasteiger partial charge is 0.162 e. The van der Waals surface area contributed by atoms with Crippen LogP contribution in [0.3, 0.4) is 0 Å². The van der Waals surface area contributed by atoms with Gasteiger partial charge in [-0.3, -0.25) is 0 Å². The molecule has 12 heavy (non-hydrogen) atoms. The molecular formula is C10H17ClS. The molecule has 0 saturated carbocycles. The maximum atomic E-state index is 5.99. The zero-order valence-electron chi connectivity index (χ0n) is 7.68. The van der Waals surface area contributed by atoms with Gasteiger partial charge in [-0.25, -0.2) is 0 Å². The lowest BCUT2D eigenvalue weighted by molar-refractivity contribution is 0.348. The molecule has 2 heteroatoms. The fraction of sp³-hybridized carbons (Fsp3) is 0.800. The Morgan fingerprint density at radius 2 is 2.08 bits per heavy atom. The van der Waals surface area contributed by atoms with E-state index in [4.69, 9.17) is 11.6 Å². The van der Waals surface area contributed by atoms with E-state index in [9.17, 15) is 0 Å². The molecular weight excluding hydrogens is 188 g/mol. The Bertz CT molecular complexity index is 146. The highest BCUT2D eigenvalue weighted by molar-refractivity contribution is 7.99. The number of hydrogen-bond acceptors (Lipinski definition) is 1. The van der Waals surface area contributed by atoms with Crippen molar-refractivity contribution in [3.05, 3.63) is 12.2 Å². The van der Waals surface area contributed by atoms with E-state index in [1.54, 1.807) is 0 Å². The van der Waals surface area contributed by atoms with Gasteiger partial charge in [-0.2, -0.15) is 11.8 Å². The summed E-state index contributed by atoms with van der Waals surface area (Å²) in [6.07, 6.45) is 8.22. The zero-order chi connectivity index (χ0) is 8.86. The molecule has 0 aromatic heterocycles. The number of hydrogen-bond donors (Lipinski definition) is 0. The molecule has 0 radical (unpaired) electrons. The van der Waals surface area contributed by atoms with E-state index in [2.05, 4.69) is 19.1 Å². The molecule has 0 heterocycles. The van der Waals surface area contributed by atoms with Crippen LogP contribution in [0.1, 0.15) is 26.2 Å². The fourth-order valence-corrected chi connectivity index (χ4v) is 2.78. The summed E-state index contributed by atoms with van der Waals surface area (Å²) in [5, 5.41) is 0.